The van der Waals surface area contributed by atoms with Gasteiger partial charge in [0.1, 0.15) is 0 Å². The standard InChI is InChI=1S/C19H27NO3/c1-4-8-15-10-11-17(18(13-15)22-3)23-14-19(21)20-12-7-6-9-16(20)5-2/h4,10-11,13,16H,1,5-9,12,14H2,2-3H3. The molecule has 1 aliphatic heterocycles. The second kappa shape index (κ2) is 8.61. The van der Waals surface area contributed by atoms with Crippen molar-refractivity contribution in [2.24, 2.45) is 0 Å². The van der Waals surface area contributed by atoms with Gasteiger partial charge in [0.05, 0.1) is 7.11 Å². The summed E-state index contributed by atoms with van der Waals surface area (Å²) in [7, 11) is 1.61. The molecule has 0 spiro atoms. The van der Waals surface area contributed by atoms with Crippen molar-refractivity contribution < 1.29 is 14.3 Å². The minimum Gasteiger partial charge on any atom is -0.493 e. The lowest BCUT2D eigenvalue weighted by Gasteiger charge is -2.35. The Labute approximate surface area is 139 Å². The second-order valence-corrected chi connectivity index (χ2v) is 5.91. The van der Waals surface area contributed by atoms with E-state index in [0.717, 1.165) is 37.8 Å². The summed E-state index contributed by atoms with van der Waals surface area (Å²) in [5.74, 6) is 1.33. The molecule has 1 unspecified atom stereocenters. The van der Waals surface area contributed by atoms with Gasteiger partial charge in [0.15, 0.2) is 18.1 Å². The molecule has 0 radical (unpaired) electrons. The summed E-state index contributed by atoms with van der Waals surface area (Å²) in [5, 5.41) is 0. The molecule has 23 heavy (non-hydrogen) atoms. The van der Waals surface area contributed by atoms with Crippen LogP contribution in [0.25, 0.3) is 0 Å². The average Bonchev–Trinajstić information content (AvgIpc) is 2.60. The molecule has 0 aromatic heterocycles. The molecule has 0 aliphatic carbocycles. The molecule has 4 heteroatoms. The molecule has 126 valence electrons. The highest BCUT2D eigenvalue weighted by atomic mass is 16.5. The Morgan fingerprint density at radius 1 is 1.39 bits per heavy atom. The van der Waals surface area contributed by atoms with E-state index in [2.05, 4.69) is 13.5 Å². The number of ether oxygens (including phenoxy) is 2. The lowest BCUT2D eigenvalue weighted by molar-refractivity contribution is -0.137. The molecule has 1 aliphatic rings. The predicted octanol–water partition coefficient (Wildman–Crippen LogP) is 3.59. The molecule has 1 saturated heterocycles. The molecular weight excluding hydrogens is 290 g/mol. The van der Waals surface area contributed by atoms with Crippen molar-refractivity contribution in [1.29, 1.82) is 0 Å². The van der Waals surface area contributed by atoms with Crippen molar-refractivity contribution in [1.82, 2.24) is 4.90 Å². The van der Waals surface area contributed by atoms with Crippen molar-refractivity contribution in [2.45, 2.75) is 45.1 Å². The lowest BCUT2D eigenvalue weighted by Crippen LogP contribution is -2.45. The molecule has 1 fully saturated rings. The van der Waals surface area contributed by atoms with Crippen molar-refractivity contribution in [2.75, 3.05) is 20.3 Å². The zero-order valence-corrected chi connectivity index (χ0v) is 14.2. The maximum absolute atomic E-state index is 12.5. The quantitative estimate of drug-likeness (QED) is 0.721. The van der Waals surface area contributed by atoms with E-state index in [-0.39, 0.29) is 12.5 Å². The molecule has 1 heterocycles. The zero-order chi connectivity index (χ0) is 16.7. The van der Waals surface area contributed by atoms with Crippen LogP contribution in [0, 0.1) is 0 Å². The van der Waals surface area contributed by atoms with Crippen LogP contribution in [-0.4, -0.2) is 37.1 Å². The van der Waals surface area contributed by atoms with Gasteiger partial charge in [0.2, 0.25) is 0 Å². The van der Waals surface area contributed by atoms with Gasteiger partial charge in [-0.3, -0.25) is 4.79 Å². The van der Waals surface area contributed by atoms with Crippen LogP contribution in [0.2, 0.25) is 0 Å². The van der Waals surface area contributed by atoms with Gasteiger partial charge < -0.3 is 14.4 Å². The van der Waals surface area contributed by atoms with Gasteiger partial charge in [0, 0.05) is 12.6 Å². The molecule has 4 nitrogen and oxygen atoms in total. The molecule has 0 N–H and O–H groups in total. The number of nitrogens with zero attached hydrogens (tertiary/aromatic N) is 1. The Morgan fingerprint density at radius 2 is 2.22 bits per heavy atom. The van der Waals surface area contributed by atoms with Gasteiger partial charge in [-0.1, -0.05) is 19.1 Å². The molecule has 0 bridgehead atoms. The van der Waals surface area contributed by atoms with Crippen LogP contribution in [-0.2, 0) is 11.2 Å². The number of benzene rings is 1. The molecule has 1 atom stereocenters. The van der Waals surface area contributed by atoms with Gasteiger partial charge in [-0.2, -0.15) is 0 Å². The van der Waals surface area contributed by atoms with E-state index in [9.17, 15) is 4.79 Å². The number of likely N-dealkylation sites (tertiary alicyclic amines) is 1. The fraction of sp³-hybridized carbons (Fsp3) is 0.526. The van der Waals surface area contributed by atoms with Crippen LogP contribution < -0.4 is 9.47 Å². The first-order valence-corrected chi connectivity index (χ1v) is 8.39. The van der Waals surface area contributed by atoms with Crippen LogP contribution in [0.4, 0.5) is 0 Å². The van der Waals surface area contributed by atoms with E-state index in [1.54, 1.807) is 7.11 Å². The van der Waals surface area contributed by atoms with Gasteiger partial charge in [-0.25, -0.2) is 0 Å². The third-order valence-electron chi connectivity index (χ3n) is 4.38. The monoisotopic (exact) mass is 317 g/mol. The Hall–Kier alpha value is -1.97. The van der Waals surface area contributed by atoms with Crippen molar-refractivity contribution in [3.8, 4) is 11.5 Å². The van der Waals surface area contributed by atoms with Crippen LogP contribution in [0.5, 0.6) is 11.5 Å². The Morgan fingerprint density at radius 3 is 2.91 bits per heavy atom. The second-order valence-electron chi connectivity index (χ2n) is 5.91. The first-order chi connectivity index (χ1) is 11.2. The lowest BCUT2D eigenvalue weighted by atomic mass is 10.00. The van der Waals surface area contributed by atoms with Crippen LogP contribution in [0.1, 0.15) is 38.2 Å². The SMILES string of the molecule is C=CCc1ccc(OCC(=O)N2CCCCC2CC)c(OC)c1. The number of hydrogen-bond donors (Lipinski definition) is 0. The number of hydrogen-bond acceptors (Lipinski definition) is 3. The number of methoxy groups -OCH3 is 1. The summed E-state index contributed by atoms with van der Waals surface area (Å²) in [6.45, 7) is 6.78. The fourth-order valence-corrected chi connectivity index (χ4v) is 3.10. The van der Waals surface area contributed by atoms with Gasteiger partial charge in [-0.15, -0.1) is 6.58 Å². The maximum Gasteiger partial charge on any atom is 0.260 e. The largest absolute Gasteiger partial charge is 0.493 e. The fourth-order valence-electron chi connectivity index (χ4n) is 3.10. The van der Waals surface area contributed by atoms with E-state index in [0.29, 0.717) is 17.5 Å². The number of carbonyl (C=O) groups excluding carboxylic acids is 1. The summed E-state index contributed by atoms with van der Waals surface area (Å²) >= 11 is 0. The van der Waals surface area contributed by atoms with E-state index < -0.39 is 0 Å². The third-order valence-corrected chi connectivity index (χ3v) is 4.38. The molecule has 0 saturated carbocycles. The summed E-state index contributed by atoms with van der Waals surface area (Å²) in [6, 6.07) is 6.12. The Bertz CT molecular complexity index is 541. The first kappa shape index (κ1) is 17.4. The van der Waals surface area contributed by atoms with Crippen molar-refractivity contribution in [3.63, 3.8) is 0 Å². The third kappa shape index (κ3) is 4.50. The Balaban J connectivity index is 1.99. The van der Waals surface area contributed by atoms with Crippen LogP contribution in [0.15, 0.2) is 30.9 Å². The van der Waals surface area contributed by atoms with E-state index in [1.807, 2.05) is 29.2 Å². The van der Waals surface area contributed by atoms with Gasteiger partial charge >= 0.3 is 0 Å². The zero-order valence-electron chi connectivity index (χ0n) is 14.2. The topological polar surface area (TPSA) is 38.8 Å². The van der Waals surface area contributed by atoms with Crippen LogP contribution >= 0.6 is 0 Å². The molecule has 1 aromatic carbocycles. The molecule has 1 amide bonds. The summed E-state index contributed by atoms with van der Waals surface area (Å²) in [5.41, 5.74) is 1.11. The number of allylic oxidation sites excluding steroid dienone is 1. The number of piperidine rings is 1. The number of rotatable bonds is 7. The van der Waals surface area contributed by atoms with Crippen LogP contribution in [0.3, 0.4) is 0 Å². The Kier molecular flexibility index (Phi) is 6.51. The molecule has 2 rings (SSSR count). The highest BCUT2D eigenvalue weighted by Crippen LogP contribution is 2.28. The maximum atomic E-state index is 12.5. The van der Waals surface area contributed by atoms with Crippen molar-refractivity contribution in [3.05, 3.63) is 36.4 Å². The summed E-state index contributed by atoms with van der Waals surface area (Å²) in [4.78, 5) is 14.4. The summed E-state index contributed by atoms with van der Waals surface area (Å²) < 4.78 is 11.1. The predicted molar refractivity (Wildman–Crippen MR) is 92.0 cm³/mol. The smallest absolute Gasteiger partial charge is 0.260 e. The van der Waals surface area contributed by atoms with E-state index >= 15 is 0 Å². The van der Waals surface area contributed by atoms with E-state index in [4.69, 9.17) is 9.47 Å². The highest BCUT2D eigenvalue weighted by Gasteiger charge is 2.25. The normalized spacial score (nSPS) is 17.7. The minimum absolute atomic E-state index is 0.0632. The van der Waals surface area contributed by atoms with Gasteiger partial charge in [-0.05, 0) is 49.8 Å². The number of amides is 1. The van der Waals surface area contributed by atoms with E-state index in [1.165, 1.54) is 6.42 Å². The molecular formula is C19H27NO3. The highest BCUT2D eigenvalue weighted by molar-refractivity contribution is 5.78. The average molecular weight is 317 g/mol. The first-order valence-electron chi connectivity index (χ1n) is 8.39. The van der Waals surface area contributed by atoms with Gasteiger partial charge in [0.25, 0.3) is 5.91 Å². The van der Waals surface area contributed by atoms with Crippen molar-refractivity contribution >= 4 is 5.91 Å². The number of carbonyl (C=O) groups is 1. The molecule has 1 aromatic rings. The minimum atomic E-state index is 0.0632. The summed E-state index contributed by atoms with van der Waals surface area (Å²) in [6.07, 6.45) is 7.03.